The predicted molar refractivity (Wildman–Crippen MR) is 86.9 cm³/mol. The molecule has 2 amide bonds. The number of nitrogens with zero attached hydrogens (tertiary/aromatic N) is 2. The van der Waals surface area contributed by atoms with Gasteiger partial charge in [0, 0.05) is 25.2 Å². The fraction of sp³-hybridized carbons (Fsp3) is 0.562. The Kier molecular flexibility index (Phi) is 4.97. The summed E-state index contributed by atoms with van der Waals surface area (Å²) in [6, 6.07) is 4.13. The number of fused-ring (bicyclic) bond motifs is 1. The normalized spacial score (nSPS) is 18.4. The van der Waals surface area contributed by atoms with Crippen LogP contribution in [0, 0.1) is 0 Å². The standard InChI is InChI=1S/C16H21N3O2S/c20-14(18-12-5-1-2-6-12)8-4-10-19-13-7-3-9-17-16(13)22-11-15(19)21/h3,7,9,12H,1-2,4-6,8,10-11H2,(H,18,20). The van der Waals surface area contributed by atoms with Gasteiger partial charge in [-0.15, -0.1) is 0 Å². The molecule has 0 saturated heterocycles. The smallest absolute Gasteiger partial charge is 0.237 e. The van der Waals surface area contributed by atoms with Gasteiger partial charge < -0.3 is 10.2 Å². The highest BCUT2D eigenvalue weighted by Crippen LogP contribution is 2.33. The first-order valence-corrected chi connectivity index (χ1v) is 8.90. The lowest BCUT2D eigenvalue weighted by atomic mass is 10.2. The monoisotopic (exact) mass is 319 g/mol. The largest absolute Gasteiger partial charge is 0.353 e. The van der Waals surface area contributed by atoms with Gasteiger partial charge in [-0.1, -0.05) is 24.6 Å². The van der Waals surface area contributed by atoms with Crippen molar-refractivity contribution in [1.82, 2.24) is 10.3 Å². The fourth-order valence-electron chi connectivity index (χ4n) is 3.05. The third kappa shape index (κ3) is 3.61. The highest BCUT2D eigenvalue weighted by Gasteiger charge is 2.25. The Balaban J connectivity index is 1.50. The molecule has 3 rings (SSSR count). The molecule has 118 valence electrons. The van der Waals surface area contributed by atoms with E-state index in [-0.39, 0.29) is 11.8 Å². The third-order valence-electron chi connectivity index (χ3n) is 4.18. The van der Waals surface area contributed by atoms with Crippen LogP contribution < -0.4 is 10.2 Å². The zero-order valence-corrected chi connectivity index (χ0v) is 13.4. The van der Waals surface area contributed by atoms with Gasteiger partial charge in [-0.2, -0.15) is 0 Å². The average molecular weight is 319 g/mol. The van der Waals surface area contributed by atoms with E-state index in [2.05, 4.69) is 10.3 Å². The molecule has 1 aliphatic carbocycles. The van der Waals surface area contributed by atoms with Crippen molar-refractivity contribution in [2.24, 2.45) is 0 Å². The van der Waals surface area contributed by atoms with Crippen molar-refractivity contribution in [3.63, 3.8) is 0 Å². The van der Waals surface area contributed by atoms with Gasteiger partial charge in [0.15, 0.2) is 0 Å². The number of pyridine rings is 1. The van der Waals surface area contributed by atoms with Crippen molar-refractivity contribution in [2.45, 2.75) is 49.6 Å². The summed E-state index contributed by atoms with van der Waals surface area (Å²) in [4.78, 5) is 30.1. The lowest BCUT2D eigenvalue weighted by Gasteiger charge is -2.28. The number of amides is 2. The van der Waals surface area contributed by atoms with E-state index >= 15 is 0 Å². The van der Waals surface area contributed by atoms with E-state index in [9.17, 15) is 9.59 Å². The zero-order valence-electron chi connectivity index (χ0n) is 12.6. The first-order chi connectivity index (χ1) is 10.7. The van der Waals surface area contributed by atoms with E-state index in [0.717, 1.165) is 23.6 Å². The van der Waals surface area contributed by atoms with E-state index in [1.54, 1.807) is 11.1 Å². The van der Waals surface area contributed by atoms with E-state index in [4.69, 9.17) is 0 Å². The highest BCUT2D eigenvalue weighted by molar-refractivity contribution is 8.00. The minimum absolute atomic E-state index is 0.0988. The van der Waals surface area contributed by atoms with Crippen molar-refractivity contribution in [3.8, 4) is 0 Å². The van der Waals surface area contributed by atoms with Crippen molar-refractivity contribution in [2.75, 3.05) is 17.2 Å². The molecule has 1 aromatic rings. The maximum absolute atomic E-state index is 12.1. The molecule has 0 bridgehead atoms. The molecule has 0 atom stereocenters. The number of thioether (sulfide) groups is 1. The fourth-order valence-corrected chi connectivity index (χ4v) is 3.93. The van der Waals surface area contributed by atoms with Crippen LogP contribution in [-0.2, 0) is 9.59 Å². The molecule has 2 heterocycles. The molecule has 1 fully saturated rings. The Hall–Kier alpha value is -1.56. The maximum atomic E-state index is 12.1. The Morgan fingerprint density at radius 3 is 3.05 bits per heavy atom. The molecule has 0 spiro atoms. The van der Waals surface area contributed by atoms with Gasteiger partial charge in [0.25, 0.3) is 0 Å². The van der Waals surface area contributed by atoms with Gasteiger partial charge in [-0.25, -0.2) is 4.98 Å². The van der Waals surface area contributed by atoms with Crippen LogP contribution in [0.2, 0.25) is 0 Å². The van der Waals surface area contributed by atoms with Crippen molar-refractivity contribution in [1.29, 1.82) is 0 Å². The van der Waals surface area contributed by atoms with Crippen LogP contribution in [0.4, 0.5) is 5.69 Å². The molecule has 6 heteroatoms. The minimum Gasteiger partial charge on any atom is -0.353 e. The van der Waals surface area contributed by atoms with Crippen LogP contribution in [0.25, 0.3) is 0 Å². The third-order valence-corrected chi connectivity index (χ3v) is 5.16. The lowest BCUT2D eigenvalue weighted by molar-refractivity contribution is -0.122. The van der Waals surface area contributed by atoms with Crippen molar-refractivity contribution >= 4 is 29.3 Å². The van der Waals surface area contributed by atoms with Gasteiger partial charge in [-0.05, 0) is 31.4 Å². The Bertz CT molecular complexity index is 558. The molecule has 1 aliphatic heterocycles. The van der Waals surface area contributed by atoms with Gasteiger partial charge in [-0.3, -0.25) is 9.59 Å². The van der Waals surface area contributed by atoms with E-state index in [0.29, 0.717) is 31.2 Å². The molecule has 1 saturated carbocycles. The van der Waals surface area contributed by atoms with E-state index in [1.165, 1.54) is 24.6 Å². The summed E-state index contributed by atoms with van der Waals surface area (Å²) in [5.74, 6) is 0.636. The Labute approximate surface area is 134 Å². The topological polar surface area (TPSA) is 62.3 Å². The number of carbonyl (C=O) groups excluding carboxylic acids is 2. The predicted octanol–water partition coefficient (Wildman–Crippen LogP) is 2.36. The second-order valence-electron chi connectivity index (χ2n) is 5.81. The molecule has 5 nitrogen and oxygen atoms in total. The number of aromatic nitrogens is 1. The molecule has 0 unspecified atom stereocenters. The average Bonchev–Trinajstić information content (AvgIpc) is 3.02. The molecule has 1 aromatic heterocycles. The van der Waals surface area contributed by atoms with Gasteiger partial charge >= 0.3 is 0 Å². The van der Waals surface area contributed by atoms with Gasteiger partial charge in [0.2, 0.25) is 11.8 Å². The van der Waals surface area contributed by atoms with Gasteiger partial charge in [0.1, 0.15) is 5.03 Å². The molecule has 22 heavy (non-hydrogen) atoms. The lowest BCUT2D eigenvalue weighted by Crippen LogP contribution is -2.37. The number of carbonyl (C=O) groups is 2. The summed E-state index contributed by atoms with van der Waals surface area (Å²) in [6.07, 6.45) is 7.55. The van der Waals surface area contributed by atoms with Crippen LogP contribution in [-0.4, -0.2) is 35.1 Å². The van der Waals surface area contributed by atoms with Crippen molar-refractivity contribution < 1.29 is 9.59 Å². The van der Waals surface area contributed by atoms with Crippen LogP contribution in [0.15, 0.2) is 23.4 Å². The summed E-state index contributed by atoms with van der Waals surface area (Å²) in [5.41, 5.74) is 0.875. The molecular weight excluding hydrogens is 298 g/mol. The molecule has 0 radical (unpaired) electrons. The summed E-state index contributed by atoms with van der Waals surface area (Å²) in [5, 5.41) is 3.99. The number of hydrogen-bond donors (Lipinski definition) is 1. The maximum Gasteiger partial charge on any atom is 0.237 e. The summed E-state index contributed by atoms with van der Waals surface area (Å²) < 4.78 is 0. The summed E-state index contributed by atoms with van der Waals surface area (Å²) in [6.45, 7) is 0.580. The Morgan fingerprint density at radius 2 is 2.23 bits per heavy atom. The second kappa shape index (κ2) is 7.13. The molecule has 2 aliphatic rings. The SMILES string of the molecule is O=C(CCCN1C(=O)CSc2ncccc21)NC1CCCC1. The first-order valence-electron chi connectivity index (χ1n) is 7.91. The van der Waals surface area contributed by atoms with Gasteiger partial charge in [0.05, 0.1) is 11.4 Å². The number of anilines is 1. The molecular formula is C16H21N3O2S. The molecule has 0 aromatic carbocycles. The van der Waals surface area contributed by atoms with E-state index in [1.807, 2.05) is 12.1 Å². The summed E-state index contributed by atoms with van der Waals surface area (Å²) >= 11 is 1.48. The van der Waals surface area contributed by atoms with Crippen molar-refractivity contribution in [3.05, 3.63) is 18.3 Å². The zero-order chi connectivity index (χ0) is 15.4. The molecule has 1 N–H and O–H groups in total. The highest BCUT2D eigenvalue weighted by atomic mass is 32.2. The number of hydrogen-bond acceptors (Lipinski definition) is 4. The van der Waals surface area contributed by atoms with Crippen LogP contribution >= 0.6 is 11.8 Å². The quantitative estimate of drug-likeness (QED) is 0.905. The second-order valence-corrected chi connectivity index (χ2v) is 6.78. The van der Waals surface area contributed by atoms with Crippen LogP contribution in [0.5, 0.6) is 0 Å². The number of nitrogens with one attached hydrogen (secondary N) is 1. The van der Waals surface area contributed by atoms with Crippen LogP contribution in [0.1, 0.15) is 38.5 Å². The first kappa shape index (κ1) is 15.3. The summed E-state index contributed by atoms with van der Waals surface area (Å²) in [7, 11) is 0. The number of rotatable bonds is 5. The Morgan fingerprint density at radius 1 is 1.41 bits per heavy atom. The van der Waals surface area contributed by atoms with Crippen LogP contribution in [0.3, 0.4) is 0 Å². The minimum atomic E-state index is 0.0988. The van der Waals surface area contributed by atoms with E-state index < -0.39 is 0 Å².